The molecule has 23 heavy (non-hydrogen) atoms. The quantitative estimate of drug-likeness (QED) is 0.853. The first-order valence-electron chi connectivity index (χ1n) is 7.73. The Morgan fingerprint density at radius 3 is 2.52 bits per heavy atom. The second-order valence-electron chi connectivity index (χ2n) is 5.47. The predicted molar refractivity (Wildman–Crippen MR) is 91.9 cm³/mol. The zero-order chi connectivity index (χ0) is 16.7. The van der Waals surface area contributed by atoms with E-state index in [9.17, 15) is 4.79 Å². The van der Waals surface area contributed by atoms with E-state index in [1.54, 1.807) is 26.4 Å². The molecule has 1 N–H and O–H groups in total. The number of hydrogen-bond acceptors (Lipinski definition) is 4. The van der Waals surface area contributed by atoms with Crippen molar-refractivity contribution in [2.45, 2.75) is 19.4 Å². The van der Waals surface area contributed by atoms with Gasteiger partial charge in [-0.3, -0.25) is 4.79 Å². The van der Waals surface area contributed by atoms with Crippen molar-refractivity contribution in [3.63, 3.8) is 0 Å². The van der Waals surface area contributed by atoms with Crippen LogP contribution in [0.5, 0.6) is 5.75 Å². The van der Waals surface area contributed by atoms with Gasteiger partial charge >= 0.3 is 0 Å². The van der Waals surface area contributed by atoms with Gasteiger partial charge in [0, 0.05) is 20.3 Å². The number of aromatic nitrogens is 1. The third-order valence-electron chi connectivity index (χ3n) is 3.43. The minimum absolute atomic E-state index is 0.0529. The third kappa shape index (κ3) is 4.98. The fourth-order valence-corrected chi connectivity index (χ4v) is 2.06. The first-order chi connectivity index (χ1) is 11.1. The molecule has 5 nitrogen and oxygen atoms in total. The summed E-state index contributed by atoms with van der Waals surface area (Å²) in [5.74, 6) is 1.54. The van der Waals surface area contributed by atoms with Crippen molar-refractivity contribution in [2.24, 2.45) is 0 Å². The molecule has 2 rings (SSSR count). The topological polar surface area (TPSA) is 54.5 Å². The van der Waals surface area contributed by atoms with Crippen LogP contribution >= 0.6 is 0 Å². The monoisotopic (exact) mass is 313 g/mol. The largest absolute Gasteiger partial charge is 0.489 e. The summed E-state index contributed by atoms with van der Waals surface area (Å²) in [5.41, 5.74) is 0.577. The fourth-order valence-electron chi connectivity index (χ4n) is 2.06. The molecule has 0 fully saturated rings. The van der Waals surface area contributed by atoms with Crippen LogP contribution in [0.1, 0.15) is 23.7 Å². The molecule has 1 heterocycles. The molecular weight excluding hydrogens is 290 g/mol. The molecule has 0 saturated carbocycles. The summed E-state index contributed by atoms with van der Waals surface area (Å²) in [6.45, 7) is 2.74. The molecule has 0 bridgehead atoms. The van der Waals surface area contributed by atoms with Crippen molar-refractivity contribution in [1.82, 2.24) is 9.88 Å². The van der Waals surface area contributed by atoms with Gasteiger partial charge in [-0.25, -0.2) is 4.98 Å². The maximum absolute atomic E-state index is 11.8. The number of hydrogen-bond donors (Lipinski definition) is 1. The third-order valence-corrected chi connectivity index (χ3v) is 3.43. The van der Waals surface area contributed by atoms with E-state index in [-0.39, 0.29) is 12.0 Å². The molecule has 0 aliphatic rings. The average molecular weight is 313 g/mol. The van der Waals surface area contributed by atoms with Gasteiger partial charge in [0.2, 0.25) is 0 Å². The van der Waals surface area contributed by atoms with Gasteiger partial charge in [-0.05, 0) is 30.7 Å². The highest BCUT2D eigenvalue weighted by Crippen LogP contribution is 2.13. The van der Waals surface area contributed by atoms with E-state index in [0.717, 1.165) is 18.0 Å². The molecule has 1 aromatic carbocycles. The predicted octanol–water partition coefficient (Wildman–Crippen LogP) is 3.05. The molecule has 0 radical (unpaired) electrons. The lowest BCUT2D eigenvalue weighted by Gasteiger charge is -2.18. The Kier molecular flexibility index (Phi) is 5.97. The number of ether oxygens (including phenoxy) is 1. The van der Waals surface area contributed by atoms with E-state index in [4.69, 9.17) is 4.74 Å². The number of nitrogens with zero attached hydrogens (tertiary/aromatic N) is 2. The van der Waals surface area contributed by atoms with Gasteiger partial charge in [-0.15, -0.1) is 0 Å². The lowest BCUT2D eigenvalue weighted by molar-refractivity contribution is 0.0827. The van der Waals surface area contributed by atoms with Crippen LogP contribution < -0.4 is 10.1 Å². The smallest absolute Gasteiger partial charge is 0.254 e. The highest BCUT2D eigenvalue weighted by molar-refractivity contribution is 5.93. The van der Waals surface area contributed by atoms with E-state index in [2.05, 4.69) is 17.2 Å². The second-order valence-corrected chi connectivity index (χ2v) is 5.47. The maximum Gasteiger partial charge on any atom is 0.254 e. The van der Waals surface area contributed by atoms with Crippen molar-refractivity contribution in [3.8, 4) is 5.75 Å². The Morgan fingerprint density at radius 2 is 1.96 bits per heavy atom. The van der Waals surface area contributed by atoms with Gasteiger partial charge in [-0.2, -0.15) is 0 Å². The zero-order valence-electron chi connectivity index (χ0n) is 13.8. The van der Waals surface area contributed by atoms with Gasteiger partial charge in [0.1, 0.15) is 17.7 Å². The summed E-state index contributed by atoms with van der Waals surface area (Å²) in [6, 6.07) is 13.4. The van der Waals surface area contributed by atoms with Crippen LogP contribution in [-0.4, -0.2) is 42.5 Å². The minimum Gasteiger partial charge on any atom is -0.489 e. The summed E-state index contributed by atoms with van der Waals surface area (Å²) in [6.07, 6.45) is 2.53. The Balaban J connectivity index is 1.90. The van der Waals surface area contributed by atoms with Gasteiger partial charge in [0.25, 0.3) is 5.91 Å². The van der Waals surface area contributed by atoms with Crippen molar-refractivity contribution in [1.29, 1.82) is 0 Å². The van der Waals surface area contributed by atoms with Crippen molar-refractivity contribution in [3.05, 3.63) is 54.2 Å². The van der Waals surface area contributed by atoms with Crippen molar-refractivity contribution in [2.75, 3.05) is 26.0 Å². The lowest BCUT2D eigenvalue weighted by Crippen LogP contribution is -2.26. The Labute approximate surface area is 137 Å². The summed E-state index contributed by atoms with van der Waals surface area (Å²) in [4.78, 5) is 17.6. The Bertz CT molecular complexity index is 612. The normalized spacial score (nSPS) is 11.6. The van der Waals surface area contributed by atoms with Gasteiger partial charge in [0.05, 0.1) is 12.1 Å². The molecule has 0 aliphatic heterocycles. The number of rotatable bonds is 7. The molecule has 1 aromatic heterocycles. The van der Waals surface area contributed by atoms with Crippen LogP contribution in [0, 0.1) is 0 Å². The highest BCUT2D eigenvalue weighted by atomic mass is 16.5. The number of amides is 1. The van der Waals surface area contributed by atoms with E-state index in [1.165, 1.54) is 4.90 Å². The van der Waals surface area contributed by atoms with Crippen molar-refractivity contribution < 1.29 is 9.53 Å². The average Bonchev–Trinajstić information content (AvgIpc) is 2.59. The van der Waals surface area contributed by atoms with Gasteiger partial charge in [0.15, 0.2) is 0 Å². The lowest BCUT2D eigenvalue weighted by atomic mass is 10.2. The summed E-state index contributed by atoms with van der Waals surface area (Å²) in [7, 11) is 3.45. The van der Waals surface area contributed by atoms with Crippen LogP contribution in [0.2, 0.25) is 0 Å². The van der Waals surface area contributed by atoms with E-state index in [1.807, 2.05) is 36.4 Å². The Morgan fingerprint density at radius 1 is 1.22 bits per heavy atom. The van der Waals surface area contributed by atoms with Crippen LogP contribution in [-0.2, 0) is 0 Å². The second kappa shape index (κ2) is 8.17. The molecular formula is C18H23N3O2. The Hall–Kier alpha value is -2.56. The molecule has 5 heteroatoms. The van der Waals surface area contributed by atoms with Crippen LogP contribution in [0.3, 0.4) is 0 Å². The molecule has 0 saturated heterocycles. The number of carbonyl (C=O) groups is 1. The van der Waals surface area contributed by atoms with Crippen LogP contribution in [0.15, 0.2) is 48.7 Å². The molecule has 1 unspecified atom stereocenters. The fraction of sp³-hybridized carbons (Fsp3) is 0.333. The van der Waals surface area contributed by atoms with Crippen LogP contribution in [0.4, 0.5) is 5.82 Å². The molecule has 122 valence electrons. The van der Waals surface area contributed by atoms with E-state index in [0.29, 0.717) is 12.1 Å². The number of nitrogens with one attached hydrogen (secondary N) is 1. The maximum atomic E-state index is 11.8. The molecule has 1 amide bonds. The highest BCUT2D eigenvalue weighted by Gasteiger charge is 2.10. The summed E-state index contributed by atoms with van der Waals surface area (Å²) in [5, 5.41) is 3.25. The first-order valence-corrected chi connectivity index (χ1v) is 7.73. The molecule has 2 aromatic rings. The zero-order valence-corrected chi connectivity index (χ0v) is 13.8. The number of anilines is 1. The summed E-state index contributed by atoms with van der Waals surface area (Å²) < 4.78 is 5.93. The van der Waals surface area contributed by atoms with Crippen molar-refractivity contribution >= 4 is 11.7 Å². The van der Waals surface area contributed by atoms with E-state index < -0.39 is 0 Å². The number of pyridine rings is 1. The molecule has 1 atom stereocenters. The molecule has 0 aliphatic carbocycles. The minimum atomic E-state index is -0.0529. The van der Waals surface area contributed by atoms with E-state index >= 15 is 0 Å². The number of benzene rings is 1. The standard InChI is InChI=1S/C18H23N3O2/c1-4-15(23-16-8-6-5-7-9-16)13-20-17-11-10-14(12-19-17)18(22)21(2)3/h5-12,15H,4,13H2,1-3H3,(H,19,20). The van der Waals surface area contributed by atoms with Crippen LogP contribution in [0.25, 0.3) is 0 Å². The first kappa shape index (κ1) is 16.8. The number of carbonyl (C=O) groups excluding carboxylic acids is 1. The summed E-state index contributed by atoms with van der Waals surface area (Å²) >= 11 is 0. The van der Waals surface area contributed by atoms with Gasteiger partial charge in [-0.1, -0.05) is 25.1 Å². The SMILES string of the molecule is CCC(CNc1ccc(C(=O)N(C)C)cn1)Oc1ccccc1. The van der Waals surface area contributed by atoms with Gasteiger partial charge < -0.3 is 15.0 Å². The number of para-hydroxylation sites is 1. The molecule has 0 spiro atoms.